The number of nitrogens with zero attached hydrogens (tertiary/aromatic N) is 2. The number of non-ortho nitro benzene ring substituents is 1. The Bertz CT molecular complexity index is 614. The normalized spacial score (nSPS) is 21.8. The topological polar surface area (TPSA) is 101 Å². The summed E-state index contributed by atoms with van der Waals surface area (Å²) in [6.07, 6.45) is 0.0200. The van der Waals surface area contributed by atoms with E-state index in [2.05, 4.69) is 0 Å². The molecule has 7 nitrogen and oxygen atoms in total. The molecule has 0 aromatic heterocycles. The predicted molar refractivity (Wildman–Crippen MR) is 71.6 cm³/mol. The molecule has 2 unspecified atom stereocenters. The summed E-state index contributed by atoms with van der Waals surface area (Å²) < 4.78 is 26.1. The smallest absolute Gasteiger partial charge is 0.270 e. The number of nitro groups is 1. The van der Waals surface area contributed by atoms with Gasteiger partial charge >= 0.3 is 0 Å². The van der Waals surface area contributed by atoms with E-state index in [4.69, 9.17) is 0 Å². The van der Waals surface area contributed by atoms with Crippen molar-refractivity contribution >= 4 is 15.7 Å². The van der Waals surface area contributed by atoms with Crippen LogP contribution in [0.5, 0.6) is 0 Å². The number of aliphatic hydroxyl groups excluding tert-OH is 1. The average Bonchev–Trinajstić information content (AvgIpc) is 2.89. The SMILES string of the molecule is CC(O)C1CCN(S(=O)(=O)c2cccc([N+](=O)[O-])c2)C1. The van der Waals surface area contributed by atoms with Gasteiger partial charge in [0.05, 0.1) is 15.9 Å². The minimum Gasteiger partial charge on any atom is -0.393 e. The third kappa shape index (κ3) is 2.82. The molecule has 0 aliphatic carbocycles. The maximum atomic E-state index is 12.4. The van der Waals surface area contributed by atoms with Crippen molar-refractivity contribution in [3.05, 3.63) is 34.4 Å². The summed E-state index contributed by atoms with van der Waals surface area (Å²) in [5.74, 6) is -0.0940. The van der Waals surface area contributed by atoms with E-state index in [0.29, 0.717) is 13.0 Å². The van der Waals surface area contributed by atoms with Crippen molar-refractivity contribution in [3.63, 3.8) is 0 Å². The quantitative estimate of drug-likeness (QED) is 0.660. The van der Waals surface area contributed by atoms with Crippen molar-refractivity contribution in [1.29, 1.82) is 0 Å². The Morgan fingerprint density at radius 1 is 1.50 bits per heavy atom. The fourth-order valence-electron chi connectivity index (χ4n) is 2.27. The third-order valence-electron chi connectivity index (χ3n) is 3.54. The van der Waals surface area contributed by atoms with Crippen LogP contribution in [0.2, 0.25) is 0 Å². The summed E-state index contributed by atoms with van der Waals surface area (Å²) in [4.78, 5) is 10.00. The zero-order chi connectivity index (χ0) is 14.9. The van der Waals surface area contributed by atoms with E-state index in [1.54, 1.807) is 6.92 Å². The standard InChI is InChI=1S/C12H16N2O5S/c1-9(15)10-5-6-13(8-10)20(18,19)12-4-2-3-11(7-12)14(16)17/h2-4,7,9-10,15H,5-6,8H2,1H3. The van der Waals surface area contributed by atoms with Crippen molar-refractivity contribution in [2.75, 3.05) is 13.1 Å². The molecule has 1 heterocycles. The Morgan fingerprint density at radius 2 is 2.20 bits per heavy atom. The number of hydrogen-bond acceptors (Lipinski definition) is 5. The maximum Gasteiger partial charge on any atom is 0.270 e. The fourth-order valence-corrected chi connectivity index (χ4v) is 3.82. The summed E-state index contributed by atoms with van der Waals surface area (Å²) in [5, 5.41) is 20.2. The molecule has 0 radical (unpaired) electrons. The molecule has 110 valence electrons. The maximum absolute atomic E-state index is 12.4. The van der Waals surface area contributed by atoms with Gasteiger partial charge in [-0.1, -0.05) is 6.07 Å². The second-order valence-corrected chi connectivity index (χ2v) is 6.84. The summed E-state index contributed by atoms with van der Waals surface area (Å²) >= 11 is 0. The molecule has 8 heteroatoms. The van der Waals surface area contributed by atoms with Crippen molar-refractivity contribution < 1.29 is 18.4 Å². The van der Waals surface area contributed by atoms with E-state index in [1.165, 1.54) is 22.5 Å². The molecular formula is C12H16N2O5S. The van der Waals surface area contributed by atoms with Crippen molar-refractivity contribution in [2.24, 2.45) is 5.92 Å². The molecule has 1 N–H and O–H groups in total. The van der Waals surface area contributed by atoms with Crippen LogP contribution in [-0.4, -0.2) is 41.9 Å². The molecule has 0 amide bonds. The summed E-state index contributed by atoms with van der Waals surface area (Å²) in [6.45, 7) is 2.19. The van der Waals surface area contributed by atoms with Crippen LogP contribution in [0.1, 0.15) is 13.3 Å². The Labute approximate surface area is 117 Å². The van der Waals surface area contributed by atoms with E-state index in [9.17, 15) is 23.6 Å². The molecular weight excluding hydrogens is 284 g/mol. The van der Waals surface area contributed by atoms with Gasteiger partial charge in [-0.25, -0.2) is 8.42 Å². The van der Waals surface area contributed by atoms with Gasteiger partial charge in [-0.3, -0.25) is 10.1 Å². The minimum absolute atomic E-state index is 0.0852. The van der Waals surface area contributed by atoms with E-state index in [0.717, 1.165) is 6.07 Å². The Morgan fingerprint density at radius 3 is 2.75 bits per heavy atom. The molecule has 20 heavy (non-hydrogen) atoms. The summed E-state index contributed by atoms with van der Waals surface area (Å²) in [7, 11) is -3.74. The van der Waals surface area contributed by atoms with Crippen LogP contribution in [0.3, 0.4) is 0 Å². The summed E-state index contributed by atoms with van der Waals surface area (Å²) in [6, 6.07) is 5.01. The van der Waals surface area contributed by atoms with E-state index in [-0.39, 0.29) is 23.0 Å². The van der Waals surface area contributed by atoms with E-state index in [1.807, 2.05) is 0 Å². The second-order valence-electron chi connectivity index (χ2n) is 4.91. The van der Waals surface area contributed by atoms with Gasteiger partial charge < -0.3 is 5.11 Å². The minimum atomic E-state index is -3.74. The highest BCUT2D eigenvalue weighted by Gasteiger charge is 2.34. The monoisotopic (exact) mass is 300 g/mol. The highest BCUT2D eigenvalue weighted by molar-refractivity contribution is 7.89. The van der Waals surface area contributed by atoms with Crippen LogP contribution < -0.4 is 0 Å². The first-order valence-electron chi connectivity index (χ1n) is 6.25. The lowest BCUT2D eigenvalue weighted by molar-refractivity contribution is -0.385. The van der Waals surface area contributed by atoms with Crippen LogP contribution >= 0.6 is 0 Å². The van der Waals surface area contributed by atoms with Crippen molar-refractivity contribution in [3.8, 4) is 0 Å². The highest BCUT2D eigenvalue weighted by Crippen LogP contribution is 2.27. The van der Waals surface area contributed by atoms with Gasteiger partial charge in [0, 0.05) is 25.2 Å². The number of hydrogen-bond donors (Lipinski definition) is 1. The summed E-state index contributed by atoms with van der Waals surface area (Å²) in [5.41, 5.74) is -0.252. The molecule has 1 aliphatic heterocycles. The number of benzene rings is 1. The Kier molecular flexibility index (Phi) is 4.07. The lowest BCUT2D eigenvalue weighted by atomic mass is 10.0. The number of sulfonamides is 1. The van der Waals surface area contributed by atoms with Gasteiger partial charge in [-0.15, -0.1) is 0 Å². The largest absolute Gasteiger partial charge is 0.393 e. The van der Waals surface area contributed by atoms with Gasteiger partial charge in [-0.2, -0.15) is 4.31 Å². The van der Waals surface area contributed by atoms with E-state index < -0.39 is 21.1 Å². The van der Waals surface area contributed by atoms with Crippen molar-refractivity contribution in [2.45, 2.75) is 24.3 Å². The van der Waals surface area contributed by atoms with Gasteiger partial charge in [0.25, 0.3) is 5.69 Å². The lowest BCUT2D eigenvalue weighted by Gasteiger charge is -2.17. The van der Waals surface area contributed by atoms with Gasteiger partial charge in [0.1, 0.15) is 0 Å². The first-order chi connectivity index (χ1) is 9.32. The molecule has 2 atom stereocenters. The molecule has 0 saturated carbocycles. The van der Waals surface area contributed by atoms with Crippen molar-refractivity contribution in [1.82, 2.24) is 4.31 Å². The first kappa shape index (κ1) is 14.9. The predicted octanol–water partition coefficient (Wildman–Crippen LogP) is 0.986. The molecule has 1 aromatic rings. The molecule has 2 rings (SSSR count). The van der Waals surface area contributed by atoms with E-state index >= 15 is 0 Å². The molecule has 1 aliphatic rings. The van der Waals surface area contributed by atoms with Gasteiger partial charge in [0.15, 0.2) is 0 Å². The fraction of sp³-hybridized carbons (Fsp3) is 0.500. The molecule has 0 spiro atoms. The molecule has 1 fully saturated rings. The van der Waals surface area contributed by atoms with Crippen LogP contribution in [0.15, 0.2) is 29.2 Å². The Balaban J connectivity index is 2.27. The Hall–Kier alpha value is -1.51. The highest BCUT2D eigenvalue weighted by atomic mass is 32.2. The number of nitro benzene ring substituents is 1. The molecule has 1 saturated heterocycles. The van der Waals surface area contributed by atoms with Gasteiger partial charge in [0.2, 0.25) is 10.0 Å². The zero-order valence-electron chi connectivity index (χ0n) is 11.0. The van der Waals surface area contributed by atoms with Crippen LogP contribution in [0, 0.1) is 16.0 Å². The van der Waals surface area contributed by atoms with Crippen LogP contribution in [0.4, 0.5) is 5.69 Å². The lowest BCUT2D eigenvalue weighted by Crippen LogP contribution is -2.30. The number of rotatable bonds is 4. The average molecular weight is 300 g/mol. The number of aliphatic hydroxyl groups is 1. The second kappa shape index (κ2) is 5.47. The third-order valence-corrected chi connectivity index (χ3v) is 5.40. The molecule has 0 bridgehead atoms. The first-order valence-corrected chi connectivity index (χ1v) is 7.69. The van der Waals surface area contributed by atoms with Crippen LogP contribution in [0.25, 0.3) is 0 Å². The molecule has 1 aromatic carbocycles. The zero-order valence-corrected chi connectivity index (χ0v) is 11.8. The van der Waals surface area contributed by atoms with Crippen LogP contribution in [-0.2, 0) is 10.0 Å². The van der Waals surface area contributed by atoms with Gasteiger partial charge in [-0.05, 0) is 25.3 Å².